The van der Waals surface area contributed by atoms with Gasteiger partial charge in [0.1, 0.15) is 58.5 Å². The van der Waals surface area contributed by atoms with E-state index in [-0.39, 0.29) is 35.2 Å². The Bertz CT molecular complexity index is 2140. The molecule has 0 saturated carbocycles. The number of nitrogens with zero attached hydrogens (tertiary/aromatic N) is 4. The van der Waals surface area contributed by atoms with Crippen LogP contribution in [0.3, 0.4) is 0 Å². The molecule has 4 unspecified atom stereocenters. The van der Waals surface area contributed by atoms with Gasteiger partial charge in [-0.25, -0.2) is 19.9 Å². The Kier molecular flexibility index (Phi) is 12.2. The Morgan fingerprint density at radius 1 is 0.638 bits per heavy atom. The van der Waals surface area contributed by atoms with Crippen LogP contribution in [0.4, 0.5) is 38.0 Å². The quantitative estimate of drug-likeness (QED) is 0.0698. The summed E-state index contributed by atoms with van der Waals surface area (Å²) in [4.78, 5) is 21.0. The molecule has 12 nitrogen and oxygen atoms in total. The topological polar surface area (TPSA) is 144 Å². The van der Waals surface area contributed by atoms with Crippen LogP contribution in [0.2, 0.25) is 0 Å². The molecule has 0 amide bonds. The van der Waals surface area contributed by atoms with E-state index < -0.39 is 23.7 Å². The Balaban J connectivity index is 0.000000177. The number of methoxy groups -OCH3 is 2. The highest BCUT2D eigenvalue weighted by molar-refractivity contribution is 5.88. The van der Waals surface area contributed by atoms with Gasteiger partial charge >= 0.3 is 12.4 Å². The number of H-pyrrole nitrogens is 2. The lowest BCUT2D eigenvalue weighted by Crippen LogP contribution is -2.31. The van der Waals surface area contributed by atoms with Crippen LogP contribution >= 0.6 is 0 Å². The van der Waals surface area contributed by atoms with Crippen molar-refractivity contribution in [1.29, 1.82) is 0 Å². The lowest BCUT2D eigenvalue weighted by molar-refractivity contribution is -0.141. The second-order valence-corrected chi connectivity index (χ2v) is 14.1. The van der Waals surface area contributed by atoms with Crippen molar-refractivity contribution in [3.05, 3.63) is 95.8 Å². The first-order chi connectivity index (χ1) is 27.9. The molecule has 4 N–H and O–H groups in total. The van der Waals surface area contributed by atoms with E-state index in [9.17, 15) is 26.3 Å². The molecular weight excluding hydrogens is 770 g/mol. The Morgan fingerprint density at radius 2 is 1.05 bits per heavy atom. The van der Waals surface area contributed by atoms with Gasteiger partial charge in [0.15, 0.2) is 0 Å². The minimum Gasteiger partial charge on any atom is -0.493 e. The van der Waals surface area contributed by atoms with Crippen molar-refractivity contribution in [2.45, 2.75) is 50.1 Å². The van der Waals surface area contributed by atoms with Gasteiger partial charge in [-0.1, -0.05) is 36.4 Å². The lowest BCUT2D eigenvalue weighted by Gasteiger charge is -2.34. The average molecular weight is 813 g/mol. The molecule has 8 rings (SSSR count). The largest absolute Gasteiger partial charge is 0.493 e. The first kappa shape index (κ1) is 40.6. The summed E-state index contributed by atoms with van der Waals surface area (Å²) in [6.45, 7) is 2.28. The zero-order valence-electron chi connectivity index (χ0n) is 31.6. The monoisotopic (exact) mass is 812 g/mol. The number of aromatic nitrogens is 6. The summed E-state index contributed by atoms with van der Waals surface area (Å²) in [5.41, 5.74) is 0.511. The van der Waals surface area contributed by atoms with Gasteiger partial charge in [-0.15, -0.1) is 0 Å². The van der Waals surface area contributed by atoms with Gasteiger partial charge in [-0.05, 0) is 49.9 Å². The van der Waals surface area contributed by atoms with Gasteiger partial charge in [-0.3, -0.25) is 0 Å². The normalized spacial score (nSPS) is 19.0. The average Bonchev–Trinajstić information content (AvgIpc) is 3.87. The SMILES string of the molecule is COCCCC1COc2ccccc2C1Nc1ncnc2[nH]c(C(F)(F)F)cc12.COCCCC1COc2ccccc2C1Nc1ncnc2[nH]c(C(F)(F)F)cc12. The fourth-order valence-electron chi connectivity index (χ4n) is 7.41. The highest BCUT2D eigenvalue weighted by atomic mass is 19.4. The second-order valence-electron chi connectivity index (χ2n) is 14.1. The van der Waals surface area contributed by atoms with Crippen LogP contribution in [-0.4, -0.2) is 70.6 Å². The number of ether oxygens (including phenoxy) is 4. The number of para-hydroxylation sites is 2. The maximum atomic E-state index is 13.1. The Hall–Kier alpha value is -5.62. The van der Waals surface area contributed by atoms with Gasteiger partial charge in [-0.2, -0.15) is 26.3 Å². The predicted octanol–water partition coefficient (Wildman–Crippen LogP) is 9.13. The molecule has 2 aliphatic heterocycles. The fourth-order valence-corrected chi connectivity index (χ4v) is 7.41. The van der Waals surface area contributed by atoms with Crippen LogP contribution < -0.4 is 20.1 Å². The summed E-state index contributed by atoms with van der Waals surface area (Å²) in [5.74, 6) is 2.49. The van der Waals surface area contributed by atoms with Crippen molar-refractivity contribution in [3.8, 4) is 11.5 Å². The summed E-state index contributed by atoms with van der Waals surface area (Å²) < 4.78 is 101. The van der Waals surface area contributed by atoms with Gasteiger partial charge in [0.25, 0.3) is 0 Å². The van der Waals surface area contributed by atoms with E-state index in [0.717, 1.165) is 60.4 Å². The summed E-state index contributed by atoms with van der Waals surface area (Å²) in [5, 5.41) is 7.34. The summed E-state index contributed by atoms with van der Waals surface area (Å²) in [7, 11) is 3.31. The number of nitrogens with one attached hydrogen (secondary N) is 4. The van der Waals surface area contributed by atoms with Crippen molar-refractivity contribution < 1.29 is 45.3 Å². The van der Waals surface area contributed by atoms with E-state index in [2.05, 4.69) is 40.5 Å². The maximum Gasteiger partial charge on any atom is 0.431 e. The van der Waals surface area contributed by atoms with Crippen LogP contribution in [0, 0.1) is 11.8 Å². The van der Waals surface area contributed by atoms with Crippen molar-refractivity contribution in [1.82, 2.24) is 29.9 Å². The molecule has 6 aromatic rings. The fraction of sp³-hybridized carbons (Fsp3) is 0.400. The van der Waals surface area contributed by atoms with Crippen LogP contribution in [0.15, 0.2) is 73.3 Å². The molecule has 0 aliphatic carbocycles. The molecule has 2 aromatic carbocycles. The van der Waals surface area contributed by atoms with Crippen molar-refractivity contribution >= 4 is 33.7 Å². The first-order valence-corrected chi connectivity index (χ1v) is 18.7. The molecule has 4 atom stereocenters. The summed E-state index contributed by atoms with van der Waals surface area (Å²) in [6.07, 6.45) is -3.06. The molecule has 0 saturated heterocycles. The van der Waals surface area contributed by atoms with Crippen LogP contribution in [0.5, 0.6) is 11.5 Å². The van der Waals surface area contributed by atoms with Crippen molar-refractivity contribution in [3.63, 3.8) is 0 Å². The summed E-state index contributed by atoms with van der Waals surface area (Å²) >= 11 is 0. The maximum absolute atomic E-state index is 13.1. The van der Waals surface area contributed by atoms with Gasteiger partial charge in [0.05, 0.1) is 36.1 Å². The van der Waals surface area contributed by atoms with Crippen molar-refractivity contribution in [2.24, 2.45) is 11.8 Å². The number of fused-ring (bicyclic) bond motifs is 4. The number of halogens is 6. The van der Waals surface area contributed by atoms with E-state index in [1.807, 2.05) is 48.5 Å². The Labute approximate surface area is 329 Å². The van der Waals surface area contributed by atoms with E-state index in [4.69, 9.17) is 18.9 Å². The smallest absolute Gasteiger partial charge is 0.431 e. The molecule has 308 valence electrons. The van der Waals surface area contributed by atoms with E-state index in [1.165, 1.54) is 12.7 Å². The van der Waals surface area contributed by atoms with Crippen LogP contribution in [0.1, 0.15) is 60.3 Å². The minimum atomic E-state index is -4.48. The first-order valence-electron chi connectivity index (χ1n) is 18.7. The Morgan fingerprint density at radius 3 is 1.45 bits per heavy atom. The summed E-state index contributed by atoms with van der Waals surface area (Å²) in [6, 6.07) is 17.1. The zero-order valence-corrected chi connectivity index (χ0v) is 31.6. The standard InChI is InChI=1S/2C20H21F3N4O2/c2*1-28-8-4-5-12-10-29-15-7-3-2-6-13(15)17(12)27-19-14-9-16(20(21,22)23)26-18(14)24-11-25-19/h2*2-3,6-7,9,11-12,17H,4-5,8,10H2,1H3,(H2,24,25,26,27). The van der Waals surface area contributed by atoms with E-state index in [0.29, 0.717) is 48.8 Å². The number of benzene rings is 2. The van der Waals surface area contributed by atoms with E-state index in [1.54, 1.807) is 14.2 Å². The highest BCUT2D eigenvalue weighted by Crippen LogP contribution is 2.42. The van der Waals surface area contributed by atoms with Gasteiger partial charge in [0, 0.05) is 50.4 Å². The molecule has 18 heteroatoms. The second kappa shape index (κ2) is 17.5. The number of aromatic amines is 2. The molecule has 0 radical (unpaired) electrons. The third-order valence-electron chi connectivity index (χ3n) is 10.3. The molecule has 4 aromatic heterocycles. The van der Waals surface area contributed by atoms with Crippen LogP contribution in [-0.2, 0) is 21.8 Å². The van der Waals surface area contributed by atoms with Gasteiger partial charge in [0.2, 0.25) is 0 Å². The number of rotatable bonds is 12. The van der Waals surface area contributed by atoms with Crippen molar-refractivity contribution in [2.75, 3.05) is 51.3 Å². The number of alkyl halides is 6. The zero-order chi connectivity index (χ0) is 40.9. The molecule has 2 aliphatic rings. The minimum absolute atomic E-state index is 0.117. The highest BCUT2D eigenvalue weighted by Gasteiger charge is 2.36. The number of hydrogen-bond acceptors (Lipinski definition) is 10. The van der Waals surface area contributed by atoms with E-state index >= 15 is 0 Å². The number of anilines is 2. The molecular formula is C40H42F6N8O4. The lowest BCUT2D eigenvalue weighted by atomic mass is 9.87. The van der Waals surface area contributed by atoms with Gasteiger partial charge < -0.3 is 39.5 Å². The number of hydrogen-bond donors (Lipinski definition) is 4. The molecule has 0 fully saturated rings. The predicted molar refractivity (Wildman–Crippen MR) is 204 cm³/mol. The molecule has 58 heavy (non-hydrogen) atoms. The molecule has 6 heterocycles. The molecule has 0 bridgehead atoms. The molecule has 0 spiro atoms. The van der Waals surface area contributed by atoms with Crippen LogP contribution in [0.25, 0.3) is 22.1 Å². The third-order valence-corrected chi connectivity index (χ3v) is 10.3. The third kappa shape index (κ3) is 9.07.